The Morgan fingerprint density at radius 1 is 1.21 bits per heavy atom. The van der Waals surface area contributed by atoms with E-state index in [0.717, 1.165) is 17.5 Å². The monoisotopic (exact) mass is 326 g/mol. The van der Waals surface area contributed by atoms with Crippen LogP contribution in [0.3, 0.4) is 0 Å². The van der Waals surface area contributed by atoms with Crippen molar-refractivity contribution in [2.75, 3.05) is 13.7 Å². The number of hydrogen-bond acceptors (Lipinski definition) is 4. The lowest BCUT2D eigenvalue weighted by Crippen LogP contribution is -2.20. The molecule has 1 amide bonds. The molecule has 5 heteroatoms. The molecule has 126 valence electrons. The molecule has 1 heterocycles. The fourth-order valence-electron chi connectivity index (χ4n) is 2.04. The lowest BCUT2D eigenvalue weighted by molar-refractivity contribution is -0.116. The number of amides is 1. The molecule has 2 aromatic rings. The predicted molar refractivity (Wildman–Crippen MR) is 93.9 cm³/mol. The van der Waals surface area contributed by atoms with Crippen molar-refractivity contribution in [2.45, 2.75) is 19.9 Å². The van der Waals surface area contributed by atoms with E-state index in [1.165, 1.54) is 6.08 Å². The third kappa shape index (κ3) is 5.43. The number of hydrogen-bond donors (Lipinski definition) is 1. The molecule has 1 N–H and O–H groups in total. The first-order valence-corrected chi connectivity index (χ1v) is 7.88. The van der Waals surface area contributed by atoms with Crippen LogP contribution >= 0.6 is 0 Å². The van der Waals surface area contributed by atoms with Crippen LogP contribution in [0.5, 0.6) is 11.5 Å². The van der Waals surface area contributed by atoms with E-state index in [4.69, 9.17) is 9.47 Å². The standard InChI is InChI=1S/C19H22N2O3/c1-3-12-24-17-6-4-15(13-18(17)23-2)5-7-19(22)21-14-16-8-10-20-11-9-16/h4-11,13H,3,12,14H2,1-2H3,(H,21,22)/b7-5+. The maximum Gasteiger partial charge on any atom is 0.244 e. The van der Waals surface area contributed by atoms with Crippen LogP contribution in [-0.2, 0) is 11.3 Å². The lowest BCUT2D eigenvalue weighted by Gasteiger charge is -2.10. The van der Waals surface area contributed by atoms with Gasteiger partial charge in [-0.2, -0.15) is 0 Å². The maximum absolute atomic E-state index is 11.9. The molecule has 0 saturated heterocycles. The fourth-order valence-corrected chi connectivity index (χ4v) is 2.04. The average molecular weight is 326 g/mol. The maximum atomic E-state index is 11.9. The van der Waals surface area contributed by atoms with E-state index in [2.05, 4.69) is 10.3 Å². The highest BCUT2D eigenvalue weighted by Gasteiger charge is 2.04. The molecule has 1 aromatic heterocycles. The van der Waals surface area contributed by atoms with Gasteiger partial charge in [-0.15, -0.1) is 0 Å². The first-order valence-electron chi connectivity index (χ1n) is 7.88. The molecule has 0 unspecified atom stereocenters. The number of pyridine rings is 1. The molecule has 0 fully saturated rings. The van der Waals surface area contributed by atoms with Gasteiger partial charge in [0.05, 0.1) is 13.7 Å². The van der Waals surface area contributed by atoms with Crippen molar-refractivity contribution in [3.8, 4) is 11.5 Å². The van der Waals surface area contributed by atoms with Crippen molar-refractivity contribution < 1.29 is 14.3 Å². The zero-order valence-corrected chi connectivity index (χ0v) is 14.0. The second kappa shape index (κ2) is 9.35. The Morgan fingerprint density at radius 3 is 2.71 bits per heavy atom. The number of carbonyl (C=O) groups is 1. The largest absolute Gasteiger partial charge is 0.493 e. The minimum absolute atomic E-state index is 0.155. The summed E-state index contributed by atoms with van der Waals surface area (Å²) in [4.78, 5) is 15.8. The molecule has 2 rings (SSSR count). The zero-order chi connectivity index (χ0) is 17.2. The zero-order valence-electron chi connectivity index (χ0n) is 14.0. The predicted octanol–water partition coefficient (Wildman–Crippen LogP) is 3.21. The summed E-state index contributed by atoms with van der Waals surface area (Å²) in [5.74, 6) is 1.21. The summed E-state index contributed by atoms with van der Waals surface area (Å²) in [6.07, 6.45) is 7.58. The summed E-state index contributed by atoms with van der Waals surface area (Å²) in [6.45, 7) is 3.16. The van der Waals surface area contributed by atoms with E-state index >= 15 is 0 Å². The smallest absolute Gasteiger partial charge is 0.244 e. The van der Waals surface area contributed by atoms with E-state index in [1.54, 1.807) is 25.6 Å². The molecule has 0 aliphatic carbocycles. The van der Waals surface area contributed by atoms with Crippen LogP contribution < -0.4 is 14.8 Å². The molecular formula is C19H22N2O3. The number of methoxy groups -OCH3 is 1. The molecule has 0 bridgehead atoms. The van der Waals surface area contributed by atoms with Gasteiger partial charge in [0.2, 0.25) is 5.91 Å². The third-order valence-electron chi connectivity index (χ3n) is 3.29. The molecule has 0 radical (unpaired) electrons. The fraction of sp³-hybridized carbons (Fsp3) is 0.263. The highest BCUT2D eigenvalue weighted by Crippen LogP contribution is 2.28. The van der Waals surface area contributed by atoms with Crippen molar-refractivity contribution in [1.29, 1.82) is 0 Å². The van der Waals surface area contributed by atoms with E-state index < -0.39 is 0 Å². The Hall–Kier alpha value is -2.82. The number of aromatic nitrogens is 1. The second-order valence-corrected chi connectivity index (χ2v) is 5.17. The number of nitrogens with one attached hydrogen (secondary N) is 1. The number of carbonyl (C=O) groups excluding carboxylic acids is 1. The molecule has 0 aliphatic rings. The Labute approximate surface area is 142 Å². The summed E-state index contributed by atoms with van der Waals surface area (Å²) in [7, 11) is 1.60. The van der Waals surface area contributed by atoms with Gasteiger partial charge in [0.25, 0.3) is 0 Å². The summed E-state index contributed by atoms with van der Waals surface area (Å²) < 4.78 is 10.9. The molecule has 0 spiro atoms. The molecular weight excluding hydrogens is 304 g/mol. The lowest BCUT2D eigenvalue weighted by atomic mass is 10.2. The average Bonchev–Trinajstić information content (AvgIpc) is 2.64. The summed E-state index contributed by atoms with van der Waals surface area (Å²) in [6, 6.07) is 9.31. The summed E-state index contributed by atoms with van der Waals surface area (Å²) in [5, 5.41) is 2.83. The van der Waals surface area contributed by atoms with Gasteiger partial charge in [-0.25, -0.2) is 0 Å². The Bertz CT molecular complexity index is 684. The van der Waals surface area contributed by atoms with Gasteiger partial charge in [0.1, 0.15) is 0 Å². The quantitative estimate of drug-likeness (QED) is 0.757. The normalized spacial score (nSPS) is 10.6. The topological polar surface area (TPSA) is 60.5 Å². The van der Waals surface area contributed by atoms with Crippen molar-refractivity contribution in [1.82, 2.24) is 10.3 Å². The van der Waals surface area contributed by atoms with Crippen LogP contribution in [-0.4, -0.2) is 24.6 Å². The van der Waals surface area contributed by atoms with Crippen LogP contribution in [0.2, 0.25) is 0 Å². The molecule has 0 atom stereocenters. The van der Waals surface area contributed by atoms with Crippen molar-refractivity contribution in [3.05, 3.63) is 59.9 Å². The second-order valence-electron chi connectivity index (χ2n) is 5.17. The first kappa shape index (κ1) is 17.5. The van der Waals surface area contributed by atoms with Crippen LogP contribution in [0, 0.1) is 0 Å². The van der Waals surface area contributed by atoms with E-state index in [9.17, 15) is 4.79 Å². The van der Waals surface area contributed by atoms with Crippen molar-refractivity contribution in [2.24, 2.45) is 0 Å². The molecule has 5 nitrogen and oxygen atoms in total. The molecule has 0 saturated carbocycles. The minimum atomic E-state index is -0.155. The number of nitrogens with zero attached hydrogens (tertiary/aromatic N) is 1. The van der Waals surface area contributed by atoms with Crippen LogP contribution in [0.15, 0.2) is 48.8 Å². The number of rotatable bonds is 8. The Kier molecular flexibility index (Phi) is 6.83. The van der Waals surface area contributed by atoms with Gasteiger partial charge in [-0.1, -0.05) is 13.0 Å². The van der Waals surface area contributed by atoms with E-state index in [1.807, 2.05) is 37.3 Å². The number of ether oxygens (including phenoxy) is 2. The molecule has 1 aromatic carbocycles. The van der Waals surface area contributed by atoms with Gasteiger partial charge in [0.15, 0.2) is 11.5 Å². The van der Waals surface area contributed by atoms with E-state index in [-0.39, 0.29) is 5.91 Å². The molecule has 0 aliphatic heterocycles. The Morgan fingerprint density at radius 2 is 2.00 bits per heavy atom. The minimum Gasteiger partial charge on any atom is -0.493 e. The summed E-state index contributed by atoms with van der Waals surface area (Å²) in [5.41, 5.74) is 1.88. The van der Waals surface area contributed by atoms with Crippen LogP contribution in [0.1, 0.15) is 24.5 Å². The molecule has 24 heavy (non-hydrogen) atoms. The van der Waals surface area contributed by atoms with E-state index in [0.29, 0.717) is 24.7 Å². The van der Waals surface area contributed by atoms with Gasteiger partial charge in [-0.3, -0.25) is 9.78 Å². The van der Waals surface area contributed by atoms with Gasteiger partial charge < -0.3 is 14.8 Å². The highest BCUT2D eigenvalue weighted by molar-refractivity contribution is 5.91. The number of benzene rings is 1. The van der Waals surface area contributed by atoms with Crippen LogP contribution in [0.4, 0.5) is 0 Å². The van der Waals surface area contributed by atoms with Gasteiger partial charge in [-0.05, 0) is 47.9 Å². The van der Waals surface area contributed by atoms with Crippen LogP contribution in [0.25, 0.3) is 6.08 Å². The van der Waals surface area contributed by atoms with Crippen molar-refractivity contribution >= 4 is 12.0 Å². The third-order valence-corrected chi connectivity index (χ3v) is 3.29. The van der Waals surface area contributed by atoms with Crippen molar-refractivity contribution in [3.63, 3.8) is 0 Å². The SMILES string of the molecule is CCCOc1ccc(/C=C/C(=O)NCc2ccncc2)cc1OC. The summed E-state index contributed by atoms with van der Waals surface area (Å²) >= 11 is 0. The van der Waals surface area contributed by atoms with Gasteiger partial charge in [0, 0.05) is 25.0 Å². The van der Waals surface area contributed by atoms with Gasteiger partial charge >= 0.3 is 0 Å². The Balaban J connectivity index is 1.94. The highest BCUT2D eigenvalue weighted by atomic mass is 16.5. The first-order chi connectivity index (χ1) is 11.7.